The number of carboxylic acid groups (broad SMARTS) is 1. The van der Waals surface area contributed by atoms with Crippen molar-refractivity contribution < 1.29 is 14.7 Å². The molecule has 5 heteroatoms. The molecular formula is C11H20N2O3. The van der Waals surface area contributed by atoms with Gasteiger partial charge >= 0.3 is 5.97 Å². The predicted molar refractivity (Wildman–Crippen MR) is 60.1 cm³/mol. The van der Waals surface area contributed by atoms with E-state index in [1.165, 1.54) is 0 Å². The molecule has 92 valence electrons. The summed E-state index contributed by atoms with van der Waals surface area (Å²) in [6.45, 7) is 3.95. The maximum atomic E-state index is 11.7. The van der Waals surface area contributed by atoms with Gasteiger partial charge in [0.05, 0.1) is 6.54 Å². The van der Waals surface area contributed by atoms with Crippen LogP contribution in [-0.2, 0) is 9.59 Å². The molecule has 5 nitrogen and oxygen atoms in total. The molecule has 0 aromatic heterocycles. The molecule has 16 heavy (non-hydrogen) atoms. The van der Waals surface area contributed by atoms with Crippen molar-refractivity contribution >= 4 is 11.9 Å². The van der Waals surface area contributed by atoms with Gasteiger partial charge in [-0.2, -0.15) is 0 Å². The highest BCUT2D eigenvalue weighted by molar-refractivity contribution is 5.83. The van der Waals surface area contributed by atoms with Crippen LogP contribution < -0.4 is 5.32 Å². The van der Waals surface area contributed by atoms with E-state index in [0.717, 1.165) is 6.42 Å². The summed E-state index contributed by atoms with van der Waals surface area (Å²) >= 11 is 0. The highest BCUT2D eigenvalue weighted by Gasteiger charge is 2.44. The third-order valence-corrected chi connectivity index (χ3v) is 3.36. The van der Waals surface area contributed by atoms with E-state index in [2.05, 4.69) is 5.32 Å². The summed E-state index contributed by atoms with van der Waals surface area (Å²) in [5.74, 6) is -0.915. The van der Waals surface area contributed by atoms with Gasteiger partial charge in [-0.25, -0.2) is 0 Å². The molecule has 1 rings (SSSR count). The van der Waals surface area contributed by atoms with Gasteiger partial charge in [0.1, 0.15) is 5.54 Å². The fourth-order valence-electron chi connectivity index (χ4n) is 1.65. The minimum absolute atomic E-state index is 0.0671. The standard InChI is InChI=1S/C11H20N2O3/c1-8(2)13(3)9(14)7-12-11(10(15)16)5-4-6-11/h8,12H,4-7H2,1-3H3,(H,15,16). The van der Waals surface area contributed by atoms with Crippen molar-refractivity contribution in [1.29, 1.82) is 0 Å². The summed E-state index contributed by atoms with van der Waals surface area (Å²) in [5, 5.41) is 11.9. The Kier molecular flexibility index (Phi) is 3.91. The van der Waals surface area contributed by atoms with E-state index in [1.807, 2.05) is 13.8 Å². The zero-order valence-electron chi connectivity index (χ0n) is 10.1. The lowest BCUT2D eigenvalue weighted by molar-refractivity contribution is -0.149. The number of aliphatic carboxylic acids is 1. The second-order valence-electron chi connectivity index (χ2n) is 4.69. The summed E-state index contributed by atoms with van der Waals surface area (Å²) in [7, 11) is 1.73. The number of amides is 1. The molecule has 0 radical (unpaired) electrons. The number of nitrogens with one attached hydrogen (secondary N) is 1. The smallest absolute Gasteiger partial charge is 0.323 e. The Morgan fingerprint density at radius 3 is 2.31 bits per heavy atom. The van der Waals surface area contributed by atoms with Crippen LogP contribution in [0, 0.1) is 0 Å². The molecule has 1 amide bonds. The normalized spacial score (nSPS) is 18.0. The molecule has 2 N–H and O–H groups in total. The van der Waals surface area contributed by atoms with Crippen LogP contribution >= 0.6 is 0 Å². The summed E-state index contributed by atoms with van der Waals surface area (Å²) in [4.78, 5) is 24.3. The van der Waals surface area contributed by atoms with E-state index in [4.69, 9.17) is 5.11 Å². The van der Waals surface area contributed by atoms with Gasteiger partial charge in [0.2, 0.25) is 5.91 Å². The molecule has 0 aliphatic heterocycles. The van der Waals surface area contributed by atoms with Gasteiger partial charge in [-0.15, -0.1) is 0 Å². The van der Waals surface area contributed by atoms with Crippen molar-refractivity contribution in [2.24, 2.45) is 0 Å². The topological polar surface area (TPSA) is 69.6 Å². The second-order valence-corrected chi connectivity index (χ2v) is 4.69. The molecule has 1 fully saturated rings. The number of carbonyl (C=O) groups excluding carboxylic acids is 1. The van der Waals surface area contributed by atoms with Crippen molar-refractivity contribution in [2.75, 3.05) is 13.6 Å². The predicted octanol–water partition coefficient (Wildman–Crippen LogP) is 0.450. The van der Waals surface area contributed by atoms with Crippen molar-refractivity contribution in [3.63, 3.8) is 0 Å². The van der Waals surface area contributed by atoms with E-state index in [0.29, 0.717) is 12.8 Å². The van der Waals surface area contributed by atoms with Crippen LogP contribution in [0.25, 0.3) is 0 Å². The lowest BCUT2D eigenvalue weighted by Crippen LogP contribution is -2.59. The SMILES string of the molecule is CC(C)N(C)C(=O)CNC1(C(=O)O)CCC1. The van der Waals surface area contributed by atoms with Crippen molar-refractivity contribution in [1.82, 2.24) is 10.2 Å². The van der Waals surface area contributed by atoms with E-state index in [9.17, 15) is 9.59 Å². The van der Waals surface area contributed by atoms with Crippen molar-refractivity contribution in [3.8, 4) is 0 Å². The molecule has 1 aliphatic rings. The zero-order chi connectivity index (χ0) is 12.3. The third kappa shape index (κ3) is 2.52. The average molecular weight is 228 g/mol. The molecule has 0 bridgehead atoms. The maximum absolute atomic E-state index is 11.7. The Morgan fingerprint density at radius 1 is 1.44 bits per heavy atom. The quantitative estimate of drug-likeness (QED) is 0.717. The van der Waals surface area contributed by atoms with E-state index >= 15 is 0 Å². The molecule has 0 atom stereocenters. The number of hydrogen-bond donors (Lipinski definition) is 2. The van der Waals surface area contributed by atoms with Gasteiger partial charge in [-0.3, -0.25) is 14.9 Å². The number of likely N-dealkylation sites (N-methyl/N-ethyl adjacent to an activating group) is 1. The summed E-state index contributed by atoms with van der Waals surface area (Å²) in [5.41, 5.74) is -0.854. The first-order valence-electron chi connectivity index (χ1n) is 5.63. The van der Waals surface area contributed by atoms with Crippen molar-refractivity contribution in [3.05, 3.63) is 0 Å². The molecule has 1 aliphatic carbocycles. The minimum Gasteiger partial charge on any atom is -0.480 e. The number of rotatable bonds is 5. The van der Waals surface area contributed by atoms with E-state index < -0.39 is 11.5 Å². The molecule has 1 saturated carbocycles. The van der Waals surface area contributed by atoms with Crippen LogP contribution in [0.3, 0.4) is 0 Å². The Hall–Kier alpha value is -1.10. The Morgan fingerprint density at radius 2 is 2.00 bits per heavy atom. The largest absolute Gasteiger partial charge is 0.480 e. The van der Waals surface area contributed by atoms with E-state index in [1.54, 1.807) is 11.9 Å². The third-order valence-electron chi connectivity index (χ3n) is 3.36. The molecule has 0 spiro atoms. The number of nitrogens with zero attached hydrogens (tertiary/aromatic N) is 1. The van der Waals surface area contributed by atoms with Gasteiger partial charge in [0.15, 0.2) is 0 Å². The van der Waals surface area contributed by atoms with Crippen LogP contribution in [0.2, 0.25) is 0 Å². The van der Waals surface area contributed by atoms with Gasteiger partial charge in [-0.1, -0.05) is 0 Å². The lowest BCUT2D eigenvalue weighted by Gasteiger charge is -2.38. The molecule has 0 aromatic rings. The van der Waals surface area contributed by atoms with Crippen LogP contribution in [0.4, 0.5) is 0 Å². The van der Waals surface area contributed by atoms with Gasteiger partial charge < -0.3 is 10.0 Å². The van der Waals surface area contributed by atoms with Gasteiger partial charge in [0.25, 0.3) is 0 Å². The van der Waals surface area contributed by atoms with Gasteiger partial charge in [-0.05, 0) is 33.1 Å². The summed E-state index contributed by atoms with van der Waals surface area (Å²) in [6, 6.07) is 0.136. The number of carboxylic acids is 1. The highest BCUT2D eigenvalue weighted by Crippen LogP contribution is 2.31. The minimum atomic E-state index is -0.854. The van der Waals surface area contributed by atoms with Crippen LogP contribution in [0.5, 0.6) is 0 Å². The Labute approximate surface area is 95.8 Å². The van der Waals surface area contributed by atoms with Crippen LogP contribution in [-0.4, -0.2) is 47.1 Å². The average Bonchev–Trinajstić information content (AvgIpc) is 2.13. The van der Waals surface area contributed by atoms with Gasteiger partial charge in [0, 0.05) is 13.1 Å². The summed E-state index contributed by atoms with van der Waals surface area (Å²) < 4.78 is 0. The van der Waals surface area contributed by atoms with Crippen LogP contribution in [0.1, 0.15) is 33.1 Å². The zero-order valence-corrected chi connectivity index (χ0v) is 10.1. The molecule has 0 saturated heterocycles. The monoisotopic (exact) mass is 228 g/mol. The molecule has 0 unspecified atom stereocenters. The molecular weight excluding hydrogens is 208 g/mol. The van der Waals surface area contributed by atoms with E-state index in [-0.39, 0.29) is 18.5 Å². The highest BCUT2D eigenvalue weighted by atomic mass is 16.4. The summed E-state index contributed by atoms with van der Waals surface area (Å²) in [6.07, 6.45) is 2.13. The van der Waals surface area contributed by atoms with Crippen LogP contribution in [0.15, 0.2) is 0 Å². The fraction of sp³-hybridized carbons (Fsp3) is 0.818. The lowest BCUT2D eigenvalue weighted by atomic mass is 9.77. The molecule has 0 heterocycles. The number of carbonyl (C=O) groups is 2. The first kappa shape index (κ1) is 13.0. The Balaban J connectivity index is 2.45. The second kappa shape index (κ2) is 4.82. The first-order chi connectivity index (χ1) is 7.39. The Bertz CT molecular complexity index is 285. The first-order valence-corrected chi connectivity index (χ1v) is 5.63. The maximum Gasteiger partial charge on any atom is 0.323 e. The van der Waals surface area contributed by atoms with Crippen molar-refractivity contribution in [2.45, 2.75) is 44.7 Å². The number of hydrogen-bond acceptors (Lipinski definition) is 3. The fourth-order valence-corrected chi connectivity index (χ4v) is 1.65. The molecule has 0 aromatic carbocycles.